The van der Waals surface area contributed by atoms with Crippen LogP contribution in [0.25, 0.3) is 0 Å². The second kappa shape index (κ2) is 9.89. The fourth-order valence-electron chi connectivity index (χ4n) is 3.98. The van der Waals surface area contributed by atoms with Crippen molar-refractivity contribution in [2.45, 2.75) is 58.5 Å². The van der Waals surface area contributed by atoms with Gasteiger partial charge in [-0.15, -0.1) is 0 Å². The van der Waals surface area contributed by atoms with E-state index in [0.717, 1.165) is 49.4 Å². The molecule has 1 aliphatic heterocycles. The first-order valence-electron chi connectivity index (χ1n) is 10.7. The molecule has 0 aliphatic carbocycles. The predicted octanol–water partition coefficient (Wildman–Crippen LogP) is 2.58. The van der Waals surface area contributed by atoms with Crippen molar-refractivity contribution in [3.05, 3.63) is 47.3 Å². The zero-order chi connectivity index (χ0) is 21.7. The molecule has 0 bridgehead atoms. The van der Waals surface area contributed by atoms with Gasteiger partial charge in [-0.3, -0.25) is 19.2 Å². The third-order valence-electron chi connectivity index (χ3n) is 6.06. The van der Waals surface area contributed by atoms with Gasteiger partial charge in [0.05, 0.1) is 23.1 Å². The Morgan fingerprint density at radius 1 is 1.17 bits per heavy atom. The Labute approximate surface area is 178 Å². The van der Waals surface area contributed by atoms with Crippen molar-refractivity contribution in [3.63, 3.8) is 0 Å². The number of piperidine rings is 1. The van der Waals surface area contributed by atoms with Crippen LogP contribution in [0.2, 0.25) is 0 Å². The molecule has 1 atom stereocenters. The van der Waals surface area contributed by atoms with Crippen LogP contribution in [-0.4, -0.2) is 51.7 Å². The Hall–Kier alpha value is -2.67. The third kappa shape index (κ3) is 5.48. The molecule has 3 rings (SSSR count). The van der Waals surface area contributed by atoms with Gasteiger partial charge in [-0.05, 0) is 45.6 Å². The van der Waals surface area contributed by atoms with Crippen LogP contribution in [-0.2, 0) is 23.1 Å². The van der Waals surface area contributed by atoms with Gasteiger partial charge in [0.15, 0.2) is 0 Å². The number of nitrogens with zero attached hydrogens (tertiary/aromatic N) is 3. The molecule has 0 spiro atoms. The Morgan fingerprint density at radius 2 is 1.83 bits per heavy atom. The number of nitrogens with one attached hydrogen (secondary N) is 2. The largest absolute Gasteiger partial charge is 0.353 e. The number of likely N-dealkylation sites (tertiary alicyclic amines) is 1. The van der Waals surface area contributed by atoms with E-state index in [0.29, 0.717) is 6.42 Å². The van der Waals surface area contributed by atoms with E-state index >= 15 is 0 Å². The van der Waals surface area contributed by atoms with Crippen molar-refractivity contribution in [1.82, 2.24) is 20.0 Å². The number of hydrogen-bond acceptors (Lipinski definition) is 4. The topological polar surface area (TPSA) is 79.3 Å². The van der Waals surface area contributed by atoms with E-state index in [1.165, 1.54) is 5.56 Å². The van der Waals surface area contributed by atoms with Crippen LogP contribution < -0.4 is 10.6 Å². The van der Waals surface area contributed by atoms with Gasteiger partial charge in [0.2, 0.25) is 11.8 Å². The van der Waals surface area contributed by atoms with Gasteiger partial charge in [-0.1, -0.05) is 30.3 Å². The molecule has 7 nitrogen and oxygen atoms in total. The summed E-state index contributed by atoms with van der Waals surface area (Å²) < 4.78 is 1.78. The van der Waals surface area contributed by atoms with Crippen LogP contribution in [0.3, 0.4) is 0 Å². The summed E-state index contributed by atoms with van der Waals surface area (Å²) in [6.07, 6.45) is 2.99. The lowest BCUT2D eigenvalue weighted by molar-refractivity contribution is -0.123. The van der Waals surface area contributed by atoms with Gasteiger partial charge >= 0.3 is 0 Å². The molecule has 2 aromatic rings. The van der Waals surface area contributed by atoms with E-state index in [-0.39, 0.29) is 23.9 Å². The number of carbonyl (C=O) groups is 2. The molecule has 1 fully saturated rings. The van der Waals surface area contributed by atoms with Crippen LogP contribution >= 0.6 is 0 Å². The summed E-state index contributed by atoms with van der Waals surface area (Å²) in [7, 11) is 1.88. The minimum absolute atomic E-state index is 0.0143. The maximum Gasteiger partial charge on any atom is 0.241 e. The SMILES string of the molecule is Cc1nn(C)c(C)c1NC(=O)[C@@H](C)N1CCC(NC(=O)CCc2ccccc2)CC1. The van der Waals surface area contributed by atoms with Gasteiger partial charge in [0.25, 0.3) is 0 Å². The molecule has 162 valence electrons. The summed E-state index contributed by atoms with van der Waals surface area (Å²) in [6, 6.07) is 10.0. The van der Waals surface area contributed by atoms with Crippen LogP contribution in [0.4, 0.5) is 5.69 Å². The highest BCUT2D eigenvalue weighted by molar-refractivity contribution is 5.95. The highest BCUT2D eigenvalue weighted by atomic mass is 16.2. The van der Waals surface area contributed by atoms with Gasteiger partial charge < -0.3 is 10.6 Å². The smallest absolute Gasteiger partial charge is 0.241 e. The lowest BCUT2D eigenvalue weighted by atomic mass is 10.0. The number of hydrogen-bond donors (Lipinski definition) is 2. The molecule has 7 heteroatoms. The van der Waals surface area contributed by atoms with Crippen molar-refractivity contribution in [3.8, 4) is 0 Å². The van der Waals surface area contributed by atoms with Crippen molar-refractivity contribution < 1.29 is 9.59 Å². The second-order valence-electron chi connectivity index (χ2n) is 8.20. The second-order valence-corrected chi connectivity index (χ2v) is 8.20. The molecule has 0 radical (unpaired) electrons. The fraction of sp³-hybridized carbons (Fsp3) is 0.522. The van der Waals surface area contributed by atoms with Gasteiger partial charge in [0.1, 0.15) is 0 Å². The molecule has 1 aromatic heterocycles. The highest BCUT2D eigenvalue weighted by Crippen LogP contribution is 2.20. The molecule has 1 aromatic carbocycles. The minimum atomic E-state index is -0.223. The van der Waals surface area contributed by atoms with E-state index in [2.05, 4.69) is 20.6 Å². The summed E-state index contributed by atoms with van der Waals surface area (Å²) in [5.41, 5.74) is 3.76. The number of benzene rings is 1. The molecule has 1 saturated heterocycles. The number of amides is 2. The number of aryl methyl sites for hydroxylation is 3. The van der Waals surface area contributed by atoms with Crippen molar-refractivity contribution in [1.29, 1.82) is 0 Å². The van der Waals surface area contributed by atoms with Crippen LogP contribution in [0.5, 0.6) is 0 Å². The Bertz CT molecular complexity index is 869. The molecule has 2 heterocycles. The first-order valence-corrected chi connectivity index (χ1v) is 10.7. The fourth-order valence-corrected chi connectivity index (χ4v) is 3.98. The normalized spacial score (nSPS) is 16.3. The van der Waals surface area contributed by atoms with Gasteiger partial charge in [-0.25, -0.2) is 0 Å². The predicted molar refractivity (Wildman–Crippen MR) is 118 cm³/mol. The standard InChI is InChI=1S/C23H33N5O2/c1-16-22(17(2)27(4)26-16)25-23(30)18(3)28-14-12-20(13-15-28)24-21(29)11-10-19-8-6-5-7-9-19/h5-9,18,20H,10-15H2,1-4H3,(H,24,29)(H,25,30)/t18-/m1/s1. The van der Waals surface area contributed by atoms with Crippen LogP contribution in [0, 0.1) is 13.8 Å². The number of anilines is 1. The van der Waals surface area contributed by atoms with Crippen molar-refractivity contribution in [2.24, 2.45) is 7.05 Å². The van der Waals surface area contributed by atoms with E-state index in [1.54, 1.807) is 4.68 Å². The Kier molecular flexibility index (Phi) is 7.26. The lowest BCUT2D eigenvalue weighted by Gasteiger charge is -2.35. The first kappa shape index (κ1) is 22.0. The number of rotatable bonds is 7. The van der Waals surface area contributed by atoms with E-state index in [9.17, 15) is 9.59 Å². The summed E-state index contributed by atoms with van der Waals surface area (Å²) >= 11 is 0. The summed E-state index contributed by atoms with van der Waals surface area (Å²) in [5, 5.41) is 10.6. The lowest BCUT2D eigenvalue weighted by Crippen LogP contribution is -2.50. The average molecular weight is 412 g/mol. The van der Waals surface area contributed by atoms with Crippen LogP contribution in [0.15, 0.2) is 30.3 Å². The van der Waals surface area contributed by atoms with Gasteiger partial charge in [0, 0.05) is 32.6 Å². The number of carbonyl (C=O) groups excluding carboxylic acids is 2. The summed E-state index contributed by atoms with van der Waals surface area (Å²) in [4.78, 5) is 27.2. The molecular formula is C23H33N5O2. The van der Waals surface area contributed by atoms with Crippen molar-refractivity contribution in [2.75, 3.05) is 18.4 Å². The van der Waals surface area contributed by atoms with Gasteiger partial charge in [-0.2, -0.15) is 5.10 Å². The molecule has 30 heavy (non-hydrogen) atoms. The first-order chi connectivity index (χ1) is 14.3. The molecule has 2 N–H and O–H groups in total. The molecular weight excluding hydrogens is 378 g/mol. The third-order valence-corrected chi connectivity index (χ3v) is 6.06. The van der Waals surface area contributed by atoms with E-state index < -0.39 is 0 Å². The molecule has 2 amide bonds. The quantitative estimate of drug-likeness (QED) is 0.734. The van der Waals surface area contributed by atoms with Crippen molar-refractivity contribution >= 4 is 17.5 Å². The Balaban J connectivity index is 1.43. The van der Waals surface area contributed by atoms with E-state index in [1.807, 2.05) is 58.2 Å². The zero-order valence-corrected chi connectivity index (χ0v) is 18.4. The monoisotopic (exact) mass is 411 g/mol. The van der Waals surface area contributed by atoms with E-state index in [4.69, 9.17) is 0 Å². The molecule has 1 aliphatic rings. The molecule has 0 saturated carbocycles. The maximum atomic E-state index is 12.7. The molecule has 0 unspecified atom stereocenters. The number of aromatic nitrogens is 2. The summed E-state index contributed by atoms with van der Waals surface area (Å²) in [6.45, 7) is 7.38. The zero-order valence-electron chi connectivity index (χ0n) is 18.4. The summed E-state index contributed by atoms with van der Waals surface area (Å²) in [5.74, 6) is 0.0881. The highest BCUT2D eigenvalue weighted by Gasteiger charge is 2.28. The Morgan fingerprint density at radius 3 is 2.43 bits per heavy atom. The minimum Gasteiger partial charge on any atom is -0.353 e. The van der Waals surface area contributed by atoms with Crippen LogP contribution in [0.1, 0.15) is 43.1 Å². The maximum absolute atomic E-state index is 12.7. The average Bonchev–Trinajstić information content (AvgIpc) is 2.99.